The Bertz CT molecular complexity index is 1090. The van der Waals surface area contributed by atoms with Gasteiger partial charge in [-0.3, -0.25) is 0 Å². The van der Waals surface area contributed by atoms with E-state index in [4.69, 9.17) is 9.98 Å². The minimum absolute atomic E-state index is 0.802. The molecule has 0 atom stereocenters. The molecule has 3 aromatic rings. The van der Waals surface area contributed by atoms with E-state index in [0.29, 0.717) is 0 Å². The van der Waals surface area contributed by atoms with Crippen LogP contribution in [0.15, 0.2) is 95.0 Å². The largest absolute Gasteiger partial charge is 0.325 e. The molecule has 0 aromatic heterocycles. The van der Waals surface area contributed by atoms with Crippen molar-refractivity contribution in [2.75, 3.05) is 0 Å². The zero-order valence-electron chi connectivity index (χ0n) is 15.1. The number of hydrogen-bond donors (Lipinski definition) is 0. The van der Waals surface area contributed by atoms with Gasteiger partial charge >= 0.3 is 0 Å². The van der Waals surface area contributed by atoms with Crippen molar-refractivity contribution in [3.8, 4) is 0 Å². The van der Waals surface area contributed by atoms with Gasteiger partial charge in [-0.05, 0) is 18.6 Å². The quantitative estimate of drug-likeness (QED) is 0.613. The predicted molar refractivity (Wildman–Crippen MR) is 111 cm³/mol. The Balaban J connectivity index is 1.68. The van der Waals surface area contributed by atoms with Gasteiger partial charge in [0.25, 0.3) is 0 Å². The Morgan fingerprint density at radius 1 is 0.741 bits per heavy atom. The van der Waals surface area contributed by atoms with Gasteiger partial charge in [0, 0.05) is 17.3 Å². The highest BCUT2D eigenvalue weighted by molar-refractivity contribution is 6.49. The second-order valence-corrected chi connectivity index (χ2v) is 6.90. The molecule has 2 aliphatic rings. The summed E-state index contributed by atoms with van der Waals surface area (Å²) in [6.07, 6.45) is 2.12. The lowest BCUT2D eigenvalue weighted by Gasteiger charge is -2.32. The first-order valence-electron chi connectivity index (χ1n) is 9.14. The van der Waals surface area contributed by atoms with Crippen LogP contribution in [0.2, 0.25) is 0 Å². The lowest BCUT2D eigenvalue weighted by molar-refractivity contribution is 0.549. The van der Waals surface area contributed by atoms with E-state index in [-0.39, 0.29) is 0 Å². The Morgan fingerprint density at radius 3 is 2.30 bits per heavy atom. The van der Waals surface area contributed by atoms with Gasteiger partial charge in [0.15, 0.2) is 5.84 Å². The molecule has 27 heavy (non-hydrogen) atoms. The molecule has 0 amide bonds. The maximum Gasteiger partial charge on any atom is 0.160 e. The predicted octanol–water partition coefficient (Wildman–Crippen LogP) is 5.34. The highest BCUT2D eigenvalue weighted by atomic mass is 15.2. The molecule has 5 rings (SSSR count). The number of fused-ring (bicyclic) bond motifs is 2. The molecule has 0 radical (unpaired) electrons. The Kier molecular flexibility index (Phi) is 3.72. The smallest absolute Gasteiger partial charge is 0.160 e. The van der Waals surface area contributed by atoms with Crippen LogP contribution < -0.4 is 0 Å². The lowest BCUT2D eigenvalue weighted by atomic mass is 10.0. The number of aryl methyl sites for hydroxylation is 1. The molecule has 0 N–H and O–H groups in total. The number of para-hydroxylation sites is 1. The minimum atomic E-state index is 0.802. The number of hydrogen-bond acceptors (Lipinski definition) is 3. The third-order valence-corrected chi connectivity index (χ3v) is 4.95. The van der Waals surface area contributed by atoms with Crippen molar-refractivity contribution in [2.24, 2.45) is 9.98 Å². The first-order chi connectivity index (χ1) is 13.3. The molecule has 0 unspecified atom stereocenters. The monoisotopic (exact) mass is 349 g/mol. The standard InChI is InChI=1S/C24H19N3/c1-17-11-13-18(14-12-17)22-16-27-15-20-9-5-6-10-21(20)26-24(27)23(25-22)19-7-3-2-4-8-19/h2-14,16H,15H2,1H3. The fourth-order valence-electron chi connectivity index (χ4n) is 3.49. The zero-order valence-corrected chi connectivity index (χ0v) is 15.1. The zero-order chi connectivity index (χ0) is 18.2. The topological polar surface area (TPSA) is 28.0 Å². The Hall–Kier alpha value is -3.46. The van der Waals surface area contributed by atoms with Crippen molar-refractivity contribution in [1.29, 1.82) is 0 Å². The molecule has 0 aliphatic carbocycles. The summed E-state index contributed by atoms with van der Waals surface area (Å²) in [6.45, 7) is 2.90. The highest BCUT2D eigenvalue weighted by Gasteiger charge is 2.27. The molecule has 0 fully saturated rings. The summed E-state index contributed by atoms with van der Waals surface area (Å²) in [7, 11) is 0. The van der Waals surface area contributed by atoms with E-state index >= 15 is 0 Å². The summed E-state index contributed by atoms with van der Waals surface area (Å²) in [6, 6.07) is 27.1. The van der Waals surface area contributed by atoms with E-state index in [9.17, 15) is 0 Å². The molecule has 130 valence electrons. The lowest BCUT2D eigenvalue weighted by Crippen LogP contribution is -2.37. The van der Waals surface area contributed by atoms with Crippen LogP contribution in [0.5, 0.6) is 0 Å². The third-order valence-electron chi connectivity index (χ3n) is 4.95. The van der Waals surface area contributed by atoms with Crippen molar-refractivity contribution in [3.05, 3.63) is 107 Å². The molecule has 3 heteroatoms. The van der Waals surface area contributed by atoms with E-state index < -0.39 is 0 Å². The van der Waals surface area contributed by atoms with Gasteiger partial charge in [0.05, 0.1) is 17.9 Å². The molecular weight excluding hydrogens is 330 g/mol. The molecule has 0 bridgehead atoms. The summed E-state index contributed by atoms with van der Waals surface area (Å²) >= 11 is 0. The third kappa shape index (κ3) is 2.87. The molecule has 2 aliphatic heterocycles. The molecule has 0 saturated carbocycles. The number of aliphatic imine (C=N–C) groups is 2. The van der Waals surface area contributed by atoms with Gasteiger partial charge < -0.3 is 4.90 Å². The van der Waals surface area contributed by atoms with Gasteiger partial charge in [0.2, 0.25) is 0 Å². The van der Waals surface area contributed by atoms with Crippen LogP contribution in [-0.2, 0) is 6.54 Å². The van der Waals surface area contributed by atoms with Crippen LogP contribution in [0.3, 0.4) is 0 Å². The Morgan fingerprint density at radius 2 is 1.48 bits per heavy atom. The average molecular weight is 349 g/mol. The van der Waals surface area contributed by atoms with Crippen LogP contribution in [0.1, 0.15) is 22.3 Å². The number of nitrogens with zero attached hydrogens (tertiary/aromatic N) is 3. The van der Waals surface area contributed by atoms with Crippen molar-refractivity contribution in [2.45, 2.75) is 13.5 Å². The number of benzene rings is 3. The molecule has 3 nitrogen and oxygen atoms in total. The van der Waals surface area contributed by atoms with E-state index in [2.05, 4.69) is 72.6 Å². The van der Waals surface area contributed by atoms with Crippen molar-refractivity contribution < 1.29 is 0 Å². The molecule has 0 spiro atoms. The van der Waals surface area contributed by atoms with Crippen molar-refractivity contribution in [3.63, 3.8) is 0 Å². The summed E-state index contributed by atoms with van der Waals surface area (Å²) in [5, 5.41) is 0. The first-order valence-corrected chi connectivity index (χ1v) is 9.14. The van der Waals surface area contributed by atoms with E-state index in [1.165, 1.54) is 11.1 Å². The van der Waals surface area contributed by atoms with Gasteiger partial charge in [-0.25, -0.2) is 9.98 Å². The maximum absolute atomic E-state index is 5.01. The second-order valence-electron chi connectivity index (χ2n) is 6.90. The summed E-state index contributed by atoms with van der Waals surface area (Å²) in [5.41, 5.74) is 7.59. The molecular formula is C24H19N3. The van der Waals surface area contributed by atoms with Crippen molar-refractivity contribution in [1.82, 2.24) is 4.90 Å². The fraction of sp³-hybridized carbons (Fsp3) is 0.0833. The summed E-state index contributed by atoms with van der Waals surface area (Å²) in [4.78, 5) is 12.2. The average Bonchev–Trinajstić information content (AvgIpc) is 2.72. The van der Waals surface area contributed by atoms with Gasteiger partial charge in [0.1, 0.15) is 5.71 Å². The molecule has 0 saturated heterocycles. The van der Waals surface area contributed by atoms with Crippen LogP contribution in [-0.4, -0.2) is 16.4 Å². The van der Waals surface area contributed by atoms with Crippen molar-refractivity contribution >= 4 is 22.9 Å². The SMILES string of the molecule is Cc1ccc(C2=CN3Cc4ccccc4N=C3C(c3ccccc3)=N2)cc1. The Labute approximate surface area is 159 Å². The fourth-order valence-corrected chi connectivity index (χ4v) is 3.49. The normalized spacial score (nSPS) is 15.3. The van der Waals surface area contributed by atoms with Gasteiger partial charge in [-0.15, -0.1) is 0 Å². The van der Waals surface area contributed by atoms with Crippen LogP contribution in [0, 0.1) is 6.92 Å². The van der Waals surface area contributed by atoms with E-state index in [1.54, 1.807) is 0 Å². The molecule has 3 aromatic carbocycles. The summed E-state index contributed by atoms with van der Waals surface area (Å²) < 4.78 is 0. The van der Waals surface area contributed by atoms with Crippen LogP contribution >= 0.6 is 0 Å². The number of amidine groups is 1. The van der Waals surface area contributed by atoms with Crippen LogP contribution in [0.25, 0.3) is 5.70 Å². The second kappa shape index (κ2) is 6.36. The van der Waals surface area contributed by atoms with E-state index in [0.717, 1.165) is 40.6 Å². The number of rotatable bonds is 2. The first kappa shape index (κ1) is 15.8. The minimum Gasteiger partial charge on any atom is -0.325 e. The van der Waals surface area contributed by atoms with Gasteiger partial charge in [-0.1, -0.05) is 78.4 Å². The van der Waals surface area contributed by atoms with Gasteiger partial charge in [-0.2, -0.15) is 0 Å². The van der Waals surface area contributed by atoms with E-state index in [1.807, 2.05) is 24.3 Å². The van der Waals surface area contributed by atoms with Crippen LogP contribution in [0.4, 0.5) is 5.69 Å². The molecule has 2 heterocycles. The maximum atomic E-state index is 5.01. The highest BCUT2D eigenvalue weighted by Crippen LogP contribution is 2.32. The summed E-state index contributed by atoms with van der Waals surface area (Å²) in [5.74, 6) is 0.913.